The summed E-state index contributed by atoms with van der Waals surface area (Å²) in [7, 11) is 3.35. The van der Waals surface area contributed by atoms with Gasteiger partial charge in [-0.25, -0.2) is 4.39 Å². The fourth-order valence-corrected chi connectivity index (χ4v) is 2.96. The first-order valence-corrected chi connectivity index (χ1v) is 7.03. The molecule has 112 valence electrons. The molecule has 0 aliphatic carbocycles. The molecule has 2 rings (SSSR count). The van der Waals surface area contributed by atoms with E-state index < -0.39 is 5.67 Å². The number of hydrogen-bond acceptors (Lipinski definition) is 3. The van der Waals surface area contributed by atoms with Crippen LogP contribution in [0.3, 0.4) is 0 Å². The molecule has 0 N–H and O–H groups in total. The smallest absolute Gasteiger partial charge is 0.133 e. The van der Waals surface area contributed by atoms with E-state index in [-0.39, 0.29) is 0 Å². The summed E-state index contributed by atoms with van der Waals surface area (Å²) in [5.41, 5.74) is 1.13. The van der Waals surface area contributed by atoms with E-state index in [1.165, 1.54) is 0 Å². The minimum atomic E-state index is -1.04. The Balaban J connectivity index is 2.27. The lowest BCUT2D eigenvalue weighted by Crippen LogP contribution is -2.56. The number of ether oxygens (including phenoxy) is 2. The number of halogens is 1. The van der Waals surface area contributed by atoms with Gasteiger partial charge < -0.3 is 9.47 Å². The van der Waals surface area contributed by atoms with E-state index in [1.54, 1.807) is 21.1 Å². The highest BCUT2D eigenvalue weighted by Gasteiger charge is 2.38. The van der Waals surface area contributed by atoms with Crippen molar-refractivity contribution in [2.45, 2.75) is 38.9 Å². The first-order valence-electron chi connectivity index (χ1n) is 7.03. The van der Waals surface area contributed by atoms with Crippen LogP contribution in [0, 0.1) is 0 Å². The van der Waals surface area contributed by atoms with E-state index in [1.807, 2.05) is 12.1 Å². The van der Waals surface area contributed by atoms with Crippen LogP contribution < -0.4 is 9.47 Å². The second-order valence-electron chi connectivity index (χ2n) is 6.09. The van der Waals surface area contributed by atoms with Gasteiger partial charge in [0, 0.05) is 30.8 Å². The van der Waals surface area contributed by atoms with E-state index in [9.17, 15) is 4.39 Å². The fourth-order valence-electron chi connectivity index (χ4n) is 2.96. The van der Waals surface area contributed by atoms with Crippen LogP contribution >= 0.6 is 0 Å². The van der Waals surface area contributed by atoms with Crippen molar-refractivity contribution < 1.29 is 13.9 Å². The summed E-state index contributed by atoms with van der Waals surface area (Å²) >= 11 is 0. The van der Waals surface area contributed by atoms with Crippen LogP contribution in [0.15, 0.2) is 12.1 Å². The average molecular weight is 281 g/mol. The number of alkyl halides is 1. The molecule has 0 aromatic heterocycles. The minimum Gasteiger partial charge on any atom is -0.496 e. The molecule has 3 nitrogen and oxygen atoms in total. The van der Waals surface area contributed by atoms with Crippen LogP contribution in [0.1, 0.15) is 37.8 Å². The van der Waals surface area contributed by atoms with Gasteiger partial charge in [0.1, 0.15) is 17.2 Å². The molecule has 0 unspecified atom stereocenters. The summed E-state index contributed by atoms with van der Waals surface area (Å²) in [6, 6.07) is 3.99. The largest absolute Gasteiger partial charge is 0.496 e. The Hall–Kier alpha value is -1.29. The molecule has 20 heavy (non-hydrogen) atoms. The zero-order valence-electron chi connectivity index (χ0n) is 13.0. The summed E-state index contributed by atoms with van der Waals surface area (Å²) in [5.74, 6) is 2.02. The van der Waals surface area contributed by atoms with E-state index in [0.717, 1.165) is 22.6 Å². The quantitative estimate of drug-likeness (QED) is 0.826. The zero-order valence-corrected chi connectivity index (χ0v) is 13.0. The molecular formula is C16H24FNO2. The molecule has 1 aromatic carbocycles. The molecule has 0 bridgehead atoms. The third-order valence-electron chi connectivity index (χ3n) is 3.74. The molecule has 0 saturated carbocycles. The molecule has 1 heterocycles. The van der Waals surface area contributed by atoms with Crippen molar-refractivity contribution in [3.63, 3.8) is 0 Å². The van der Waals surface area contributed by atoms with Crippen LogP contribution in [0.4, 0.5) is 4.39 Å². The van der Waals surface area contributed by atoms with Crippen LogP contribution in [-0.4, -0.2) is 37.9 Å². The van der Waals surface area contributed by atoms with Crippen molar-refractivity contribution >= 4 is 0 Å². The van der Waals surface area contributed by atoms with Crippen LogP contribution in [0.2, 0.25) is 0 Å². The normalized spacial score (nSPS) is 17.9. The first-order chi connectivity index (χ1) is 9.38. The van der Waals surface area contributed by atoms with Gasteiger partial charge in [-0.15, -0.1) is 0 Å². The van der Waals surface area contributed by atoms with Gasteiger partial charge in [-0.05, 0) is 18.9 Å². The number of nitrogens with zero attached hydrogens (tertiary/aromatic N) is 1. The standard InChI is InChI=1S/C16H24FNO2/c1-11(2)14-13(19-4)7-6-12(15(14)20-5)8-18-9-16(3,17)10-18/h6-7,11H,8-10H2,1-5H3. The zero-order chi connectivity index (χ0) is 14.9. The fraction of sp³-hybridized carbons (Fsp3) is 0.625. The summed E-state index contributed by atoms with van der Waals surface area (Å²) < 4.78 is 24.6. The summed E-state index contributed by atoms with van der Waals surface area (Å²) in [4.78, 5) is 2.09. The predicted octanol–water partition coefficient (Wildman–Crippen LogP) is 3.37. The van der Waals surface area contributed by atoms with E-state index in [0.29, 0.717) is 25.6 Å². The minimum absolute atomic E-state index is 0.308. The Morgan fingerprint density at radius 1 is 1.25 bits per heavy atom. The number of benzene rings is 1. The van der Waals surface area contributed by atoms with Gasteiger partial charge in [-0.2, -0.15) is 0 Å². The van der Waals surface area contributed by atoms with Gasteiger partial charge in [0.2, 0.25) is 0 Å². The van der Waals surface area contributed by atoms with Crippen molar-refractivity contribution in [1.29, 1.82) is 0 Å². The van der Waals surface area contributed by atoms with Crippen molar-refractivity contribution in [3.8, 4) is 11.5 Å². The van der Waals surface area contributed by atoms with Crippen molar-refractivity contribution in [3.05, 3.63) is 23.3 Å². The predicted molar refractivity (Wildman–Crippen MR) is 78.4 cm³/mol. The van der Waals surface area contributed by atoms with E-state index in [4.69, 9.17) is 9.47 Å². The lowest BCUT2D eigenvalue weighted by molar-refractivity contribution is -0.0229. The maximum absolute atomic E-state index is 13.6. The van der Waals surface area contributed by atoms with Crippen molar-refractivity contribution in [1.82, 2.24) is 4.90 Å². The Kier molecular flexibility index (Phi) is 4.23. The second kappa shape index (κ2) is 5.60. The third kappa shape index (κ3) is 2.90. The Labute approximate surface area is 120 Å². The Morgan fingerprint density at radius 3 is 2.35 bits per heavy atom. The maximum Gasteiger partial charge on any atom is 0.133 e. The number of likely N-dealkylation sites (tertiary alicyclic amines) is 1. The molecule has 4 heteroatoms. The van der Waals surface area contributed by atoms with Gasteiger partial charge >= 0.3 is 0 Å². The average Bonchev–Trinajstić information content (AvgIpc) is 2.35. The highest BCUT2D eigenvalue weighted by atomic mass is 19.1. The lowest BCUT2D eigenvalue weighted by Gasteiger charge is -2.42. The molecule has 1 aromatic rings. The van der Waals surface area contributed by atoms with Crippen LogP contribution in [-0.2, 0) is 6.54 Å². The highest BCUT2D eigenvalue weighted by Crippen LogP contribution is 2.39. The molecule has 0 atom stereocenters. The van der Waals surface area contributed by atoms with Gasteiger partial charge in [0.15, 0.2) is 0 Å². The van der Waals surface area contributed by atoms with Gasteiger partial charge in [-0.1, -0.05) is 19.9 Å². The summed E-state index contributed by atoms with van der Waals surface area (Å²) in [5, 5.41) is 0. The maximum atomic E-state index is 13.6. The molecule has 1 fully saturated rings. The molecule has 1 aliphatic rings. The Morgan fingerprint density at radius 2 is 1.90 bits per heavy atom. The number of methoxy groups -OCH3 is 2. The lowest BCUT2D eigenvalue weighted by atomic mass is 9.95. The molecule has 0 spiro atoms. The monoisotopic (exact) mass is 281 g/mol. The number of rotatable bonds is 5. The van der Waals surface area contributed by atoms with Gasteiger partial charge in [0.25, 0.3) is 0 Å². The van der Waals surface area contributed by atoms with Crippen molar-refractivity contribution in [2.75, 3.05) is 27.3 Å². The molecule has 0 radical (unpaired) electrons. The highest BCUT2D eigenvalue weighted by molar-refractivity contribution is 5.52. The van der Waals surface area contributed by atoms with E-state index in [2.05, 4.69) is 18.7 Å². The van der Waals surface area contributed by atoms with Gasteiger partial charge in [-0.3, -0.25) is 4.90 Å². The summed E-state index contributed by atoms with van der Waals surface area (Å²) in [6.07, 6.45) is 0. The first kappa shape index (κ1) is 15.1. The van der Waals surface area contributed by atoms with E-state index >= 15 is 0 Å². The SMILES string of the molecule is COc1ccc(CN2CC(C)(F)C2)c(OC)c1C(C)C. The van der Waals surface area contributed by atoms with Crippen molar-refractivity contribution in [2.24, 2.45) is 0 Å². The third-order valence-corrected chi connectivity index (χ3v) is 3.74. The Bertz CT molecular complexity index is 478. The molecule has 1 saturated heterocycles. The van der Waals surface area contributed by atoms with Crippen LogP contribution in [0.5, 0.6) is 11.5 Å². The van der Waals surface area contributed by atoms with Gasteiger partial charge in [0.05, 0.1) is 14.2 Å². The number of hydrogen-bond donors (Lipinski definition) is 0. The van der Waals surface area contributed by atoms with Crippen LogP contribution in [0.25, 0.3) is 0 Å². The summed E-state index contributed by atoms with van der Waals surface area (Å²) in [6.45, 7) is 7.57. The molecule has 1 aliphatic heterocycles. The molecule has 0 amide bonds. The second-order valence-corrected chi connectivity index (χ2v) is 6.09. The molecular weight excluding hydrogens is 257 g/mol. The topological polar surface area (TPSA) is 21.7 Å².